The van der Waals surface area contributed by atoms with E-state index in [1.165, 1.54) is 10.8 Å². The van der Waals surface area contributed by atoms with E-state index in [0.717, 1.165) is 55.7 Å². The number of para-hydroxylation sites is 2. The number of hydrogen-bond acceptors (Lipinski definition) is 3. The van der Waals surface area contributed by atoms with Gasteiger partial charge >= 0.3 is 0 Å². The molecule has 2 aromatic heterocycles. The Labute approximate surface area is 284 Å². The predicted octanol–water partition coefficient (Wildman–Crippen LogP) is 11.3. The third-order valence-corrected chi connectivity index (χ3v) is 9.04. The van der Waals surface area contributed by atoms with Gasteiger partial charge in [-0.05, 0) is 35.4 Å². The molecule has 0 saturated carbocycles. The molecule has 0 spiro atoms. The van der Waals surface area contributed by atoms with Crippen molar-refractivity contribution in [2.45, 2.75) is 0 Å². The summed E-state index contributed by atoms with van der Waals surface area (Å²) in [6, 6.07) is 63.4. The Morgan fingerprint density at radius 2 is 0.633 bits per heavy atom. The van der Waals surface area contributed by atoms with Gasteiger partial charge in [-0.25, -0.2) is 15.0 Å². The van der Waals surface area contributed by atoms with Crippen molar-refractivity contribution in [3.63, 3.8) is 0 Å². The summed E-state index contributed by atoms with van der Waals surface area (Å²) < 4.78 is 2.43. The van der Waals surface area contributed by atoms with Gasteiger partial charge in [-0.15, -0.1) is 0 Å². The van der Waals surface area contributed by atoms with Gasteiger partial charge in [0.2, 0.25) is 0 Å². The van der Waals surface area contributed by atoms with Gasteiger partial charge < -0.3 is 4.57 Å². The summed E-state index contributed by atoms with van der Waals surface area (Å²) in [5, 5.41) is 2.44. The summed E-state index contributed by atoms with van der Waals surface area (Å²) in [6.07, 6.45) is 0. The van der Waals surface area contributed by atoms with Crippen molar-refractivity contribution >= 4 is 21.8 Å². The number of nitrogens with zero attached hydrogens (tertiary/aromatic N) is 4. The maximum Gasteiger partial charge on any atom is 0.164 e. The van der Waals surface area contributed by atoms with Crippen LogP contribution in [-0.4, -0.2) is 19.5 Å². The molecule has 0 atom stereocenters. The Morgan fingerprint density at radius 1 is 0.306 bits per heavy atom. The van der Waals surface area contributed by atoms with Gasteiger partial charge in [-0.3, -0.25) is 0 Å². The molecule has 49 heavy (non-hydrogen) atoms. The van der Waals surface area contributed by atoms with Crippen LogP contribution in [0.5, 0.6) is 0 Å². The summed E-state index contributed by atoms with van der Waals surface area (Å²) in [5.74, 6) is 1.90. The van der Waals surface area contributed by atoms with E-state index >= 15 is 0 Å². The topological polar surface area (TPSA) is 43.6 Å². The summed E-state index contributed by atoms with van der Waals surface area (Å²) in [6.45, 7) is 0. The number of fused-ring (bicyclic) bond motifs is 3. The van der Waals surface area contributed by atoms with Crippen molar-refractivity contribution in [2.24, 2.45) is 0 Å². The van der Waals surface area contributed by atoms with Crippen molar-refractivity contribution < 1.29 is 0 Å². The zero-order chi connectivity index (χ0) is 32.6. The first-order valence-corrected chi connectivity index (χ1v) is 16.5. The van der Waals surface area contributed by atoms with Crippen LogP contribution in [0.25, 0.3) is 83.9 Å². The van der Waals surface area contributed by atoms with Crippen LogP contribution in [-0.2, 0) is 0 Å². The maximum atomic E-state index is 5.13. The summed E-state index contributed by atoms with van der Waals surface area (Å²) in [7, 11) is 0. The molecule has 0 amide bonds. The van der Waals surface area contributed by atoms with Crippen molar-refractivity contribution in [1.29, 1.82) is 0 Å². The van der Waals surface area contributed by atoms with E-state index in [2.05, 4.69) is 126 Å². The fraction of sp³-hybridized carbons (Fsp3) is 0. The molecule has 9 rings (SSSR count). The van der Waals surface area contributed by atoms with Crippen LogP contribution in [0, 0.1) is 0 Å². The molecule has 2 heterocycles. The van der Waals surface area contributed by atoms with Gasteiger partial charge in [-0.2, -0.15) is 0 Å². The van der Waals surface area contributed by atoms with E-state index in [0.29, 0.717) is 17.5 Å². The Bertz CT molecular complexity index is 2400. The molecular weight excluding hydrogens is 597 g/mol. The highest BCUT2D eigenvalue weighted by molar-refractivity contribution is 6.10. The number of rotatable bonds is 6. The second kappa shape index (κ2) is 12.2. The third kappa shape index (κ3) is 5.16. The molecule has 0 radical (unpaired) electrons. The predicted molar refractivity (Wildman–Crippen MR) is 201 cm³/mol. The van der Waals surface area contributed by atoms with E-state index in [1.807, 2.05) is 60.7 Å². The lowest BCUT2D eigenvalue weighted by atomic mass is 9.92. The molecule has 0 saturated heterocycles. The molecule has 0 aliphatic heterocycles. The average Bonchev–Trinajstić information content (AvgIpc) is 3.52. The van der Waals surface area contributed by atoms with Crippen LogP contribution in [0.2, 0.25) is 0 Å². The molecular formula is C45H30N4. The van der Waals surface area contributed by atoms with E-state index in [-0.39, 0.29) is 0 Å². The smallest absolute Gasteiger partial charge is 0.164 e. The lowest BCUT2D eigenvalue weighted by molar-refractivity contribution is 1.07. The highest BCUT2D eigenvalue weighted by atomic mass is 15.0. The first-order chi connectivity index (χ1) is 24.3. The molecule has 9 aromatic rings. The van der Waals surface area contributed by atoms with Crippen LogP contribution in [0.1, 0.15) is 0 Å². The number of benzene rings is 7. The molecule has 0 bridgehead atoms. The molecule has 0 N–H and O–H groups in total. The molecule has 0 aliphatic rings. The van der Waals surface area contributed by atoms with Crippen molar-refractivity contribution in [2.75, 3.05) is 0 Å². The van der Waals surface area contributed by atoms with Gasteiger partial charge in [-0.1, -0.05) is 158 Å². The van der Waals surface area contributed by atoms with Crippen LogP contribution >= 0.6 is 0 Å². The molecule has 0 fully saturated rings. The minimum absolute atomic E-state index is 0.621. The Kier molecular flexibility index (Phi) is 7.10. The Hall–Kier alpha value is -6.65. The van der Waals surface area contributed by atoms with Crippen LogP contribution in [0.4, 0.5) is 0 Å². The second-order valence-corrected chi connectivity index (χ2v) is 12.1. The van der Waals surface area contributed by atoms with Crippen molar-refractivity contribution in [3.05, 3.63) is 182 Å². The van der Waals surface area contributed by atoms with Gasteiger partial charge in [0.05, 0.1) is 16.7 Å². The largest absolute Gasteiger partial charge is 0.308 e. The third-order valence-electron chi connectivity index (χ3n) is 9.04. The van der Waals surface area contributed by atoms with Gasteiger partial charge in [0.1, 0.15) is 0 Å². The Morgan fingerprint density at radius 3 is 1.04 bits per heavy atom. The van der Waals surface area contributed by atoms with Crippen molar-refractivity contribution in [1.82, 2.24) is 19.5 Å². The summed E-state index contributed by atoms with van der Waals surface area (Å²) in [5.41, 5.74) is 10.6. The fourth-order valence-corrected chi connectivity index (χ4v) is 6.78. The monoisotopic (exact) mass is 626 g/mol. The highest BCUT2D eigenvalue weighted by Gasteiger charge is 2.22. The van der Waals surface area contributed by atoms with E-state index in [4.69, 9.17) is 15.0 Å². The second-order valence-electron chi connectivity index (χ2n) is 12.1. The number of aromatic nitrogens is 4. The summed E-state index contributed by atoms with van der Waals surface area (Å²) in [4.78, 5) is 15.2. The SMILES string of the molecule is c1ccc(-c2nc(-c3ccccc3)nc(-c3cc(-c4ccccc4)c(-n4c5ccccc5c5ccccc54)c(-c4ccccc4)c3)n2)cc1. The quantitative estimate of drug-likeness (QED) is 0.184. The minimum atomic E-state index is 0.621. The molecule has 4 heteroatoms. The first kappa shape index (κ1) is 28.6. The van der Waals surface area contributed by atoms with Gasteiger partial charge in [0.15, 0.2) is 17.5 Å². The summed E-state index contributed by atoms with van der Waals surface area (Å²) >= 11 is 0. The lowest BCUT2D eigenvalue weighted by Gasteiger charge is -2.21. The van der Waals surface area contributed by atoms with Crippen LogP contribution in [0.15, 0.2) is 182 Å². The fourth-order valence-electron chi connectivity index (χ4n) is 6.78. The highest BCUT2D eigenvalue weighted by Crippen LogP contribution is 2.43. The standard InChI is InChI=1S/C45H30N4/c1-5-17-31(18-6-1)38-29-35(45-47-43(33-21-9-3-10-22-33)46-44(48-45)34-23-11-4-12-24-34)30-39(32-19-7-2-8-20-32)42(38)49-40-27-15-13-25-36(40)37-26-14-16-28-41(37)49/h1-30H. The van der Waals surface area contributed by atoms with Gasteiger partial charge in [0.25, 0.3) is 0 Å². The van der Waals surface area contributed by atoms with Crippen molar-refractivity contribution in [3.8, 4) is 62.1 Å². The van der Waals surface area contributed by atoms with Crippen LogP contribution in [0.3, 0.4) is 0 Å². The molecule has 4 nitrogen and oxygen atoms in total. The average molecular weight is 627 g/mol. The van der Waals surface area contributed by atoms with Gasteiger partial charge in [0, 0.05) is 38.6 Å². The zero-order valence-electron chi connectivity index (χ0n) is 26.6. The number of hydrogen-bond donors (Lipinski definition) is 0. The molecule has 0 unspecified atom stereocenters. The van der Waals surface area contributed by atoms with E-state index in [9.17, 15) is 0 Å². The normalized spacial score (nSPS) is 11.3. The van der Waals surface area contributed by atoms with E-state index in [1.54, 1.807) is 0 Å². The van der Waals surface area contributed by atoms with Crippen LogP contribution < -0.4 is 0 Å². The maximum absolute atomic E-state index is 5.13. The molecule has 230 valence electrons. The molecule has 7 aromatic carbocycles. The zero-order valence-corrected chi connectivity index (χ0v) is 26.6. The molecule has 0 aliphatic carbocycles. The first-order valence-electron chi connectivity index (χ1n) is 16.5. The van der Waals surface area contributed by atoms with E-state index < -0.39 is 0 Å². The minimum Gasteiger partial charge on any atom is -0.308 e. The lowest BCUT2D eigenvalue weighted by Crippen LogP contribution is -2.04. The Balaban J connectivity index is 1.40.